The van der Waals surface area contributed by atoms with Crippen LogP contribution in [0.15, 0.2) is 17.5 Å². The minimum absolute atomic E-state index is 0.0606. The highest BCUT2D eigenvalue weighted by molar-refractivity contribution is 7.09. The van der Waals surface area contributed by atoms with Crippen LogP contribution in [-0.2, 0) is 11.2 Å². The van der Waals surface area contributed by atoms with Crippen LogP contribution >= 0.6 is 11.3 Å². The number of rotatable bonds is 7. The van der Waals surface area contributed by atoms with Crippen LogP contribution in [0.1, 0.15) is 17.7 Å². The number of halogens is 3. The molecule has 0 aliphatic rings. The van der Waals surface area contributed by atoms with Crippen molar-refractivity contribution in [1.29, 1.82) is 0 Å². The van der Waals surface area contributed by atoms with Gasteiger partial charge in [0.25, 0.3) is 0 Å². The first kappa shape index (κ1) is 14.5. The second-order valence-electron chi connectivity index (χ2n) is 3.83. The highest BCUT2D eigenvalue weighted by Crippen LogP contribution is 2.15. The number of hydrogen-bond acceptors (Lipinski definition) is 3. The van der Waals surface area contributed by atoms with Gasteiger partial charge in [0, 0.05) is 17.5 Å². The van der Waals surface area contributed by atoms with Gasteiger partial charge in [0.15, 0.2) is 0 Å². The van der Waals surface area contributed by atoms with Gasteiger partial charge in [-0.2, -0.15) is 13.2 Å². The van der Waals surface area contributed by atoms with Gasteiger partial charge in [-0.1, -0.05) is 6.07 Å². The summed E-state index contributed by atoms with van der Waals surface area (Å²) in [5, 5.41) is 1.99. The quantitative estimate of drug-likeness (QED) is 0.771. The van der Waals surface area contributed by atoms with E-state index in [0.29, 0.717) is 6.42 Å². The van der Waals surface area contributed by atoms with Crippen LogP contribution in [0.4, 0.5) is 13.2 Å². The Labute approximate surface area is 103 Å². The zero-order valence-corrected chi connectivity index (χ0v) is 10.2. The molecule has 6 heteroatoms. The summed E-state index contributed by atoms with van der Waals surface area (Å²) in [6, 6.07) is 3.89. The third kappa shape index (κ3) is 7.36. The molecule has 17 heavy (non-hydrogen) atoms. The van der Waals surface area contributed by atoms with Crippen molar-refractivity contribution < 1.29 is 17.9 Å². The Morgan fingerprint density at radius 1 is 1.35 bits per heavy atom. The van der Waals surface area contributed by atoms with Crippen molar-refractivity contribution in [3.63, 3.8) is 0 Å². The molecule has 0 saturated heterocycles. The predicted molar refractivity (Wildman–Crippen MR) is 62.1 cm³/mol. The number of ether oxygens (including phenoxy) is 1. The van der Waals surface area contributed by atoms with E-state index in [2.05, 4.69) is 4.74 Å². The summed E-state index contributed by atoms with van der Waals surface area (Å²) in [6.07, 6.45) is -2.14. The number of thiophene rings is 1. The van der Waals surface area contributed by atoms with Gasteiger partial charge in [-0.25, -0.2) is 0 Å². The lowest BCUT2D eigenvalue weighted by molar-refractivity contribution is -0.174. The van der Waals surface area contributed by atoms with Crippen LogP contribution in [0, 0.1) is 0 Å². The molecule has 0 aliphatic carbocycles. The molecule has 1 rings (SSSR count). The zero-order valence-electron chi connectivity index (χ0n) is 9.37. The highest BCUT2D eigenvalue weighted by atomic mass is 32.1. The fraction of sp³-hybridized carbons (Fsp3) is 0.636. The minimum atomic E-state index is -4.25. The molecule has 0 bridgehead atoms. The molecule has 0 radical (unpaired) electrons. The fourth-order valence-corrected chi connectivity index (χ4v) is 2.07. The van der Waals surface area contributed by atoms with Gasteiger partial charge in [-0.05, 0) is 30.7 Å². The number of nitrogens with two attached hydrogens (primary N) is 1. The maximum atomic E-state index is 11.8. The second-order valence-corrected chi connectivity index (χ2v) is 4.87. The first-order valence-electron chi connectivity index (χ1n) is 5.40. The van der Waals surface area contributed by atoms with Crippen LogP contribution in [0.2, 0.25) is 0 Å². The van der Waals surface area contributed by atoms with Crippen molar-refractivity contribution in [3.05, 3.63) is 22.4 Å². The predicted octanol–water partition coefficient (Wildman–Crippen LogP) is 2.98. The van der Waals surface area contributed by atoms with E-state index in [4.69, 9.17) is 5.73 Å². The molecule has 2 N–H and O–H groups in total. The molecule has 0 spiro atoms. The van der Waals surface area contributed by atoms with E-state index in [1.807, 2.05) is 17.5 Å². The minimum Gasteiger partial charge on any atom is -0.372 e. The smallest absolute Gasteiger partial charge is 0.372 e. The van der Waals surface area contributed by atoms with Crippen molar-refractivity contribution in [2.75, 3.05) is 13.2 Å². The summed E-state index contributed by atoms with van der Waals surface area (Å²) in [5.41, 5.74) is 5.78. The van der Waals surface area contributed by atoms with Gasteiger partial charge < -0.3 is 10.5 Å². The molecule has 0 fully saturated rings. The van der Waals surface area contributed by atoms with Crippen molar-refractivity contribution in [1.82, 2.24) is 0 Å². The summed E-state index contributed by atoms with van der Waals surface area (Å²) >= 11 is 1.66. The lowest BCUT2D eigenvalue weighted by atomic mass is 10.1. The maximum Gasteiger partial charge on any atom is 0.411 e. The summed E-state index contributed by atoms with van der Waals surface area (Å²) in [5.74, 6) is 0. The molecular formula is C11H16F3NOS. The van der Waals surface area contributed by atoms with Crippen molar-refractivity contribution in [2.45, 2.75) is 31.5 Å². The van der Waals surface area contributed by atoms with Crippen LogP contribution in [0.3, 0.4) is 0 Å². The Morgan fingerprint density at radius 3 is 2.71 bits per heavy atom. The van der Waals surface area contributed by atoms with Crippen LogP contribution in [0.5, 0.6) is 0 Å². The van der Waals surface area contributed by atoms with Gasteiger partial charge in [0.1, 0.15) is 6.61 Å². The highest BCUT2D eigenvalue weighted by Gasteiger charge is 2.27. The normalized spacial score (nSPS) is 13.9. The third-order valence-corrected chi connectivity index (χ3v) is 3.18. The molecule has 1 aromatic rings. The van der Waals surface area contributed by atoms with E-state index in [-0.39, 0.29) is 12.6 Å². The van der Waals surface area contributed by atoms with E-state index in [9.17, 15) is 13.2 Å². The topological polar surface area (TPSA) is 35.2 Å². The van der Waals surface area contributed by atoms with Crippen molar-refractivity contribution in [3.8, 4) is 0 Å². The van der Waals surface area contributed by atoms with Crippen LogP contribution in [0.25, 0.3) is 0 Å². The van der Waals surface area contributed by atoms with Crippen molar-refractivity contribution in [2.24, 2.45) is 5.73 Å². The molecule has 1 aromatic heterocycles. The Bertz CT molecular complexity index is 300. The first-order chi connectivity index (χ1) is 7.97. The molecule has 0 amide bonds. The van der Waals surface area contributed by atoms with Gasteiger partial charge in [-0.3, -0.25) is 0 Å². The van der Waals surface area contributed by atoms with E-state index < -0.39 is 12.8 Å². The molecule has 1 heterocycles. The SMILES string of the molecule is NC(CCOCC(F)(F)F)CCc1cccs1. The molecule has 0 aromatic carbocycles. The second kappa shape index (κ2) is 6.98. The summed E-state index contributed by atoms with van der Waals surface area (Å²) in [7, 11) is 0. The van der Waals surface area contributed by atoms with Gasteiger partial charge in [0.05, 0.1) is 0 Å². The van der Waals surface area contributed by atoms with Gasteiger partial charge in [-0.15, -0.1) is 11.3 Å². The summed E-state index contributed by atoms with van der Waals surface area (Å²) < 4.78 is 39.8. The van der Waals surface area contributed by atoms with E-state index in [1.165, 1.54) is 4.88 Å². The monoisotopic (exact) mass is 267 g/mol. The van der Waals surface area contributed by atoms with Crippen LogP contribution in [-0.4, -0.2) is 25.4 Å². The third-order valence-electron chi connectivity index (χ3n) is 2.24. The van der Waals surface area contributed by atoms with E-state index in [1.54, 1.807) is 11.3 Å². The molecule has 98 valence electrons. The fourth-order valence-electron chi connectivity index (χ4n) is 1.35. The lowest BCUT2D eigenvalue weighted by Gasteiger charge is -2.12. The summed E-state index contributed by atoms with van der Waals surface area (Å²) in [4.78, 5) is 1.25. The Hall–Kier alpha value is -0.590. The largest absolute Gasteiger partial charge is 0.411 e. The van der Waals surface area contributed by atoms with Crippen molar-refractivity contribution >= 4 is 11.3 Å². The molecule has 0 saturated carbocycles. The average Bonchev–Trinajstić information content (AvgIpc) is 2.73. The number of aryl methyl sites for hydroxylation is 1. The molecule has 2 nitrogen and oxygen atoms in total. The van der Waals surface area contributed by atoms with E-state index >= 15 is 0 Å². The molecule has 1 atom stereocenters. The molecule has 1 unspecified atom stereocenters. The van der Waals surface area contributed by atoms with Crippen LogP contribution < -0.4 is 5.73 Å². The van der Waals surface area contributed by atoms with Gasteiger partial charge in [0.2, 0.25) is 0 Å². The Kier molecular flexibility index (Phi) is 5.94. The summed E-state index contributed by atoms with van der Waals surface area (Å²) in [6.45, 7) is -1.13. The maximum absolute atomic E-state index is 11.8. The number of hydrogen-bond donors (Lipinski definition) is 1. The first-order valence-corrected chi connectivity index (χ1v) is 6.28. The number of alkyl halides is 3. The standard InChI is InChI=1S/C11H16F3NOS/c12-11(13,14)8-16-6-5-9(15)3-4-10-2-1-7-17-10/h1-2,7,9H,3-6,8,15H2. The molecular weight excluding hydrogens is 251 g/mol. The van der Waals surface area contributed by atoms with E-state index in [0.717, 1.165) is 12.8 Å². The Morgan fingerprint density at radius 2 is 2.12 bits per heavy atom. The Balaban J connectivity index is 2.03. The lowest BCUT2D eigenvalue weighted by Crippen LogP contribution is -2.24. The zero-order chi connectivity index (χ0) is 12.7. The molecule has 0 aliphatic heterocycles. The van der Waals surface area contributed by atoms with Gasteiger partial charge >= 0.3 is 6.18 Å². The average molecular weight is 267 g/mol.